The molecular weight excluding hydrogens is 324 g/mol. The number of aromatic nitrogens is 3. The van der Waals surface area contributed by atoms with Crippen LogP contribution in [0.4, 0.5) is 0 Å². The third-order valence-corrected chi connectivity index (χ3v) is 4.69. The largest absolute Gasteiger partial charge is 0.370 e. The number of carbonyl (C=O) groups excluding carboxylic acids is 2. The fourth-order valence-electron chi connectivity index (χ4n) is 2.50. The highest BCUT2D eigenvalue weighted by molar-refractivity contribution is 7.99. The van der Waals surface area contributed by atoms with Crippen LogP contribution in [0.1, 0.15) is 40.7 Å². The Morgan fingerprint density at radius 3 is 2.62 bits per heavy atom. The lowest BCUT2D eigenvalue weighted by molar-refractivity contribution is -0.118. The molecule has 0 radical (unpaired) electrons. The maximum Gasteiger partial charge on any atom is 0.217 e. The molecule has 2 N–H and O–H groups in total. The first-order valence-corrected chi connectivity index (χ1v) is 8.84. The van der Waals surface area contributed by atoms with Gasteiger partial charge < -0.3 is 10.3 Å². The Kier molecular flexibility index (Phi) is 6.14. The van der Waals surface area contributed by atoms with Crippen LogP contribution in [0, 0.1) is 13.8 Å². The maximum atomic E-state index is 12.4. The van der Waals surface area contributed by atoms with Gasteiger partial charge in [0.1, 0.15) is 5.82 Å². The number of benzene rings is 1. The molecule has 0 atom stereocenters. The number of hydrogen-bond acceptors (Lipinski definition) is 5. The second-order valence-electron chi connectivity index (χ2n) is 5.64. The zero-order valence-corrected chi connectivity index (χ0v) is 15.0. The molecule has 0 aliphatic rings. The molecule has 0 spiro atoms. The summed E-state index contributed by atoms with van der Waals surface area (Å²) in [5, 5.41) is 8.94. The minimum Gasteiger partial charge on any atom is -0.370 e. The zero-order chi connectivity index (χ0) is 17.7. The molecule has 1 amide bonds. The van der Waals surface area contributed by atoms with Crippen LogP contribution < -0.4 is 5.73 Å². The molecule has 0 aliphatic heterocycles. The highest BCUT2D eigenvalue weighted by atomic mass is 32.2. The third kappa shape index (κ3) is 4.44. The number of primary amides is 1. The fourth-order valence-corrected chi connectivity index (χ4v) is 3.40. The summed E-state index contributed by atoms with van der Waals surface area (Å²) in [6.45, 7) is 6.61. The van der Waals surface area contributed by atoms with Gasteiger partial charge in [0.25, 0.3) is 0 Å². The topological polar surface area (TPSA) is 90.9 Å². The molecule has 0 saturated heterocycles. The molecule has 0 aliphatic carbocycles. The summed E-state index contributed by atoms with van der Waals surface area (Å²) in [5.74, 6) is 0.734. The van der Waals surface area contributed by atoms with Crippen LogP contribution in [0.5, 0.6) is 0 Å². The first kappa shape index (κ1) is 18.2. The van der Waals surface area contributed by atoms with Crippen LogP contribution in [-0.2, 0) is 17.8 Å². The Balaban J connectivity index is 2.06. The molecular formula is C17H22N4O2S. The number of amides is 1. The third-order valence-electron chi connectivity index (χ3n) is 3.72. The van der Waals surface area contributed by atoms with Gasteiger partial charge in [-0.15, -0.1) is 10.2 Å². The van der Waals surface area contributed by atoms with Gasteiger partial charge in [0, 0.05) is 24.9 Å². The highest BCUT2D eigenvalue weighted by Gasteiger charge is 2.15. The monoisotopic (exact) mass is 346 g/mol. The predicted molar refractivity (Wildman–Crippen MR) is 94.2 cm³/mol. The summed E-state index contributed by atoms with van der Waals surface area (Å²) in [6.07, 6.45) is 0.700. The lowest BCUT2D eigenvalue weighted by Gasteiger charge is -2.08. The van der Waals surface area contributed by atoms with Gasteiger partial charge in [-0.25, -0.2) is 0 Å². The standard InChI is InChI=1S/C17H22N4O2S/c1-4-21-16(8-7-15(18)23)19-20-17(21)24-10-14(22)13-6-5-11(2)9-12(13)3/h5-6,9H,4,7-8,10H2,1-3H3,(H2,18,23). The van der Waals surface area contributed by atoms with E-state index in [0.717, 1.165) is 22.5 Å². The zero-order valence-electron chi connectivity index (χ0n) is 14.2. The molecule has 1 heterocycles. The van der Waals surface area contributed by atoms with Crippen LogP contribution in [0.15, 0.2) is 23.4 Å². The number of Topliss-reactive ketones (excluding diaryl/α,β-unsaturated/α-hetero) is 1. The summed E-state index contributed by atoms with van der Waals surface area (Å²) >= 11 is 1.37. The van der Waals surface area contributed by atoms with E-state index in [-0.39, 0.29) is 18.1 Å². The highest BCUT2D eigenvalue weighted by Crippen LogP contribution is 2.20. The Labute approximate surface area is 145 Å². The molecule has 1 aromatic heterocycles. The van der Waals surface area contributed by atoms with Crippen LogP contribution in [-0.4, -0.2) is 32.2 Å². The van der Waals surface area contributed by atoms with Gasteiger partial charge in [0.05, 0.1) is 5.75 Å². The van der Waals surface area contributed by atoms with E-state index in [9.17, 15) is 9.59 Å². The van der Waals surface area contributed by atoms with E-state index in [1.807, 2.05) is 43.5 Å². The van der Waals surface area contributed by atoms with E-state index in [1.165, 1.54) is 11.8 Å². The average molecular weight is 346 g/mol. The van der Waals surface area contributed by atoms with E-state index in [0.29, 0.717) is 23.9 Å². The number of rotatable bonds is 8. The van der Waals surface area contributed by atoms with Crippen molar-refractivity contribution in [2.24, 2.45) is 5.73 Å². The van der Waals surface area contributed by atoms with Gasteiger partial charge >= 0.3 is 0 Å². The quantitative estimate of drug-likeness (QED) is 0.585. The number of ketones is 1. The molecule has 7 heteroatoms. The molecule has 128 valence electrons. The Bertz CT molecular complexity index is 755. The van der Waals surface area contributed by atoms with Crippen LogP contribution in [0.3, 0.4) is 0 Å². The fraction of sp³-hybridized carbons (Fsp3) is 0.412. The number of aryl methyl sites for hydroxylation is 3. The van der Waals surface area contributed by atoms with E-state index < -0.39 is 0 Å². The van der Waals surface area contributed by atoms with E-state index in [1.54, 1.807) is 0 Å². The van der Waals surface area contributed by atoms with Crippen molar-refractivity contribution in [3.05, 3.63) is 40.7 Å². The molecule has 0 saturated carbocycles. The van der Waals surface area contributed by atoms with Crippen molar-refractivity contribution in [1.82, 2.24) is 14.8 Å². The van der Waals surface area contributed by atoms with Gasteiger partial charge in [-0.2, -0.15) is 0 Å². The van der Waals surface area contributed by atoms with Gasteiger partial charge in [-0.3, -0.25) is 9.59 Å². The number of carbonyl (C=O) groups is 2. The smallest absolute Gasteiger partial charge is 0.217 e. The van der Waals surface area contributed by atoms with Gasteiger partial charge in [0.15, 0.2) is 10.9 Å². The molecule has 2 rings (SSSR count). The van der Waals surface area contributed by atoms with Crippen LogP contribution >= 0.6 is 11.8 Å². The molecule has 6 nitrogen and oxygen atoms in total. The second-order valence-corrected chi connectivity index (χ2v) is 6.58. The van der Waals surface area contributed by atoms with Crippen LogP contribution in [0.25, 0.3) is 0 Å². The van der Waals surface area contributed by atoms with Crippen molar-refractivity contribution < 1.29 is 9.59 Å². The summed E-state index contributed by atoms with van der Waals surface area (Å²) in [7, 11) is 0. The Morgan fingerprint density at radius 1 is 1.25 bits per heavy atom. The molecule has 0 fully saturated rings. The predicted octanol–water partition coefficient (Wildman–Crippen LogP) is 2.31. The molecule has 0 unspecified atom stereocenters. The maximum absolute atomic E-state index is 12.4. The number of thioether (sulfide) groups is 1. The first-order valence-electron chi connectivity index (χ1n) is 7.86. The van der Waals surface area contributed by atoms with Crippen molar-refractivity contribution in [1.29, 1.82) is 0 Å². The summed E-state index contributed by atoms with van der Waals surface area (Å²) in [4.78, 5) is 23.4. The van der Waals surface area contributed by atoms with Crippen LogP contribution in [0.2, 0.25) is 0 Å². The lowest BCUT2D eigenvalue weighted by atomic mass is 10.0. The summed E-state index contributed by atoms with van der Waals surface area (Å²) in [6, 6.07) is 5.83. The van der Waals surface area contributed by atoms with E-state index >= 15 is 0 Å². The molecule has 2 aromatic rings. The average Bonchev–Trinajstić information content (AvgIpc) is 2.92. The molecule has 24 heavy (non-hydrogen) atoms. The lowest BCUT2D eigenvalue weighted by Crippen LogP contribution is -2.13. The van der Waals surface area contributed by atoms with Crippen molar-refractivity contribution in [3.63, 3.8) is 0 Å². The van der Waals surface area contributed by atoms with Crippen molar-refractivity contribution >= 4 is 23.5 Å². The minimum atomic E-state index is -0.361. The Hall–Kier alpha value is -2.15. The van der Waals surface area contributed by atoms with Gasteiger partial charge in [-0.1, -0.05) is 35.5 Å². The second kappa shape index (κ2) is 8.10. The number of nitrogens with two attached hydrogens (primary N) is 1. The minimum absolute atomic E-state index is 0.0711. The number of nitrogens with zero attached hydrogens (tertiary/aromatic N) is 3. The molecule has 0 bridgehead atoms. The SMILES string of the molecule is CCn1c(CCC(N)=O)nnc1SCC(=O)c1ccc(C)cc1C. The van der Waals surface area contributed by atoms with Crippen molar-refractivity contribution in [2.75, 3.05) is 5.75 Å². The van der Waals surface area contributed by atoms with E-state index in [4.69, 9.17) is 5.73 Å². The van der Waals surface area contributed by atoms with Gasteiger partial charge in [0.2, 0.25) is 5.91 Å². The summed E-state index contributed by atoms with van der Waals surface area (Å²) in [5.41, 5.74) is 8.05. The van der Waals surface area contributed by atoms with Crippen molar-refractivity contribution in [3.8, 4) is 0 Å². The number of hydrogen-bond donors (Lipinski definition) is 1. The van der Waals surface area contributed by atoms with E-state index in [2.05, 4.69) is 10.2 Å². The summed E-state index contributed by atoms with van der Waals surface area (Å²) < 4.78 is 1.92. The Morgan fingerprint density at radius 2 is 2.00 bits per heavy atom. The first-order chi connectivity index (χ1) is 11.4. The van der Waals surface area contributed by atoms with Crippen molar-refractivity contribution in [2.45, 2.75) is 45.3 Å². The normalized spacial score (nSPS) is 10.8. The van der Waals surface area contributed by atoms with Gasteiger partial charge in [-0.05, 0) is 26.3 Å². The molecule has 1 aromatic carbocycles.